The van der Waals surface area contributed by atoms with Crippen molar-refractivity contribution in [3.05, 3.63) is 0 Å². The molecule has 4 N–H and O–H groups in total. The number of hydrogen-bond donors (Lipinski definition) is 4. The van der Waals surface area contributed by atoms with Crippen LogP contribution in [0.4, 0.5) is 0 Å². The van der Waals surface area contributed by atoms with Gasteiger partial charge in [-0.25, -0.2) is 0 Å². The first-order valence-corrected chi connectivity index (χ1v) is 3.47. The van der Waals surface area contributed by atoms with Crippen molar-refractivity contribution in [2.24, 2.45) is 0 Å². The minimum absolute atomic E-state index is 0.250. The summed E-state index contributed by atoms with van der Waals surface area (Å²) in [7, 11) is 0. The van der Waals surface area contributed by atoms with Crippen LogP contribution in [-0.2, 0) is 9.59 Å². The number of nitrogens with one attached hydrogen (secondary N) is 2. The molecular weight excluding hydrogens is 164 g/mol. The second kappa shape index (κ2) is 6.56. The van der Waals surface area contributed by atoms with Crippen LogP contribution in [-0.4, -0.2) is 48.3 Å². The molecule has 0 aromatic heterocycles. The van der Waals surface area contributed by atoms with Gasteiger partial charge in [-0.1, -0.05) is 0 Å². The number of carbonyl (C=O) groups is 2. The van der Waals surface area contributed by atoms with Crippen molar-refractivity contribution in [3.8, 4) is 0 Å². The monoisotopic (exact) mass is 176 g/mol. The SMILES string of the molecule is O=C(O)C1CNCCN1.O=CO. The van der Waals surface area contributed by atoms with Gasteiger partial charge in [-0.05, 0) is 0 Å². The zero-order valence-electron chi connectivity index (χ0n) is 6.49. The molecule has 6 nitrogen and oxygen atoms in total. The maximum Gasteiger partial charge on any atom is 0.322 e. The van der Waals surface area contributed by atoms with Crippen molar-refractivity contribution in [1.29, 1.82) is 0 Å². The highest BCUT2D eigenvalue weighted by molar-refractivity contribution is 5.73. The Hall–Kier alpha value is -1.14. The smallest absolute Gasteiger partial charge is 0.322 e. The van der Waals surface area contributed by atoms with Gasteiger partial charge in [0.25, 0.3) is 6.47 Å². The third-order valence-corrected chi connectivity index (χ3v) is 1.34. The van der Waals surface area contributed by atoms with Gasteiger partial charge in [0, 0.05) is 19.6 Å². The Labute approximate surface area is 69.6 Å². The number of aliphatic carboxylic acids is 1. The standard InChI is InChI=1S/C5H10N2O2.CH2O2/c8-5(9)4-3-6-1-2-7-4;2-1-3/h4,6-7H,1-3H2,(H,8,9);1H,(H,2,3). The van der Waals surface area contributed by atoms with Crippen LogP contribution in [0.5, 0.6) is 0 Å². The van der Waals surface area contributed by atoms with E-state index in [2.05, 4.69) is 10.6 Å². The molecule has 0 spiro atoms. The summed E-state index contributed by atoms with van der Waals surface area (Å²) < 4.78 is 0. The lowest BCUT2D eigenvalue weighted by Crippen LogP contribution is -2.52. The summed E-state index contributed by atoms with van der Waals surface area (Å²) in [5.41, 5.74) is 0. The van der Waals surface area contributed by atoms with E-state index in [1.54, 1.807) is 0 Å². The Morgan fingerprint density at radius 1 is 1.50 bits per heavy atom. The molecule has 6 heteroatoms. The normalized spacial score (nSPS) is 21.8. The Morgan fingerprint density at radius 2 is 2.08 bits per heavy atom. The first-order valence-electron chi connectivity index (χ1n) is 3.47. The van der Waals surface area contributed by atoms with Crippen LogP contribution in [0.1, 0.15) is 0 Å². The van der Waals surface area contributed by atoms with Gasteiger partial charge in [-0.2, -0.15) is 0 Å². The number of piperazine rings is 1. The minimum Gasteiger partial charge on any atom is -0.483 e. The van der Waals surface area contributed by atoms with Crippen molar-refractivity contribution < 1.29 is 19.8 Å². The van der Waals surface area contributed by atoms with E-state index in [1.165, 1.54) is 0 Å². The van der Waals surface area contributed by atoms with E-state index in [4.69, 9.17) is 15.0 Å². The number of carboxylic acids is 1. The topological polar surface area (TPSA) is 98.7 Å². The lowest BCUT2D eigenvalue weighted by atomic mass is 10.2. The second-order valence-corrected chi connectivity index (χ2v) is 2.15. The number of hydrogen-bond acceptors (Lipinski definition) is 4. The molecule has 1 aliphatic rings. The van der Waals surface area contributed by atoms with Crippen LogP contribution in [0.25, 0.3) is 0 Å². The van der Waals surface area contributed by atoms with E-state index in [0.29, 0.717) is 6.54 Å². The lowest BCUT2D eigenvalue weighted by Gasteiger charge is -2.20. The molecule has 1 atom stereocenters. The number of rotatable bonds is 1. The molecule has 0 aromatic carbocycles. The fraction of sp³-hybridized carbons (Fsp3) is 0.667. The van der Waals surface area contributed by atoms with Crippen LogP contribution < -0.4 is 10.6 Å². The van der Waals surface area contributed by atoms with Crippen LogP contribution in [0.15, 0.2) is 0 Å². The van der Waals surface area contributed by atoms with Crippen molar-refractivity contribution in [1.82, 2.24) is 10.6 Å². The van der Waals surface area contributed by atoms with Gasteiger partial charge in [-0.15, -0.1) is 0 Å². The summed E-state index contributed by atoms with van der Waals surface area (Å²) in [5, 5.41) is 21.2. The van der Waals surface area contributed by atoms with E-state index in [1.807, 2.05) is 0 Å². The van der Waals surface area contributed by atoms with Crippen molar-refractivity contribution in [2.75, 3.05) is 19.6 Å². The zero-order chi connectivity index (χ0) is 9.40. The summed E-state index contributed by atoms with van der Waals surface area (Å²) in [5.74, 6) is -0.776. The van der Waals surface area contributed by atoms with Gasteiger partial charge in [0.05, 0.1) is 0 Å². The molecule has 0 aliphatic carbocycles. The van der Waals surface area contributed by atoms with Gasteiger partial charge in [0.1, 0.15) is 6.04 Å². The molecule has 70 valence electrons. The van der Waals surface area contributed by atoms with Crippen LogP contribution in [0.2, 0.25) is 0 Å². The van der Waals surface area contributed by atoms with Crippen molar-refractivity contribution in [3.63, 3.8) is 0 Å². The summed E-state index contributed by atoms with van der Waals surface area (Å²) in [4.78, 5) is 18.6. The zero-order valence-corrected chi connectivity index (χ0v) is 6.49. The van der Waals surface area contributed by atoms with Gasteiger partial charge in [-0.3, -0.25) is 9.59 Å². The molecule has 1 unspecified atom stereocenters. The highest BCUT2D eigenvalue weighted by Gasteiger charge is 2.18. The van der Waals surface area contributed by atoms with Crippen molar-refractivity contribution >= 4 is 12.4 Å². The third kappa shape index (κ3) is 4.64. The summed E-state index contributed by atoms with van der Waals surface area (Å²) in [6.45, 7) is 1.90. The molecule has 0 saturated carbocycles. The fourth-order valence-electron chi connectivity index (χ4n) is 0.828. The fourth-order valence-corrected chi connectivity index (χ4v) is 0.828. The minimum atomic E-state index is -0.776. The number of carboxylic acid groups (broad SMARTS) is 2. The van der Waals surface area contributed by atoms with Crippen molar-refractivity contribution in [2.45, 2.75) is 6.04 Å². The molecule has 0 amide bonds. The molecule has 1 fully saturated rings. The molecule has 1 saturated heterocycles. The van der Waals surface area contributed by atoms with Gasteiger partial charge in [0.15, 0.2) is 0 Å². The summed E-state index contributed by atoms with van der Waals surface area (Å²) >= 11 is 0. The van der Waals surface area contributed by atoms with Crippen LogP contribution in [0.3, 0.4) is 0 Å². The third-order valence-electron chi connectivity index (χ3n) is 1.34. The maximum atomic E-state index is 10.3. The van der Waals surface area contributed by atoms with Crippen LogP contribution in [0, 0.1) is 0 Å². The predicted molar refractivity (Wildman–Crippen MR) is 41.0 cm³/mol. The van der Waals surface area contributed by atoms with E-state index in [9.17, 15) is 4.79 Å². The van der Waals surface area contributed by atoms with E-state index >= 15 is 0 Å². The molecule has 0 radical (unpaired) electrons. The molecule has 12 heavy (non-hydrogen) atoms. The molecule has 1 heterocycles. The molecule has 0 aromatic rings. The highest BCUT2D eigenvalue weighted by atomic mass is 16.4. The van der Waals surface area contributed by atoms with E-state index in [0.717, 1.165) is 13.1 Å². The first kappa shape index (κ1) is 10.9. The quantitative estimate of drug-likeness (QED) is 0.357. The lowest BCUT2D eigenvalue weighted by molar-refractivity contribution is -0.139. The average molecular weight is 176 g/mol. The van der Waals surface area contributed by atoms with Crippen LogP contribution >= 0.6 is 0 Å². The van der Waals surface area contributed by atoms with Gasteiger partial charge >= 0.3 is 5.97 Å². The maximum absolute atomic E-state index is 10.3. The molecule has 1 rings (SSSR count). The molecular formula is C6H12N2O4. The highest BCUT2D eigenvalue weighted by Crippen LogP contribution is 1.84. The Balaban J connectivity index is 0.000000354. The largest absolute Gasteiger partial charge is 0.483 e. The molecule has 1 aliphatic heterocycles. The first-order chi connectivity index (χ1) is 5.72. The van der Waals surface area contributed by atoms with E-state index < -0.39 is 12.0 Å². The van der Waals surface area contributed by atoms with E-state index in [-0.39, 0.29) is 6.47 Å². The summed E-state index contributed by atoms with van der Waals surface area (Å²) in [6, 6.07) is -0.390. The Morgan fingerprint density at radius 3 is 2.33 bits per heavy atom. The Bertz CT molecular complexity index is 144. The Kier molecular flexibility index (Phi) is 5.94. The second-order valence-electron chi connectivity index (χ2n) is 2.15. The average Bonchev–Trinajstić information content (AvgIpc) is 2.07. The predicted octanol–water partition coefficient (Wildman–Crippen LogP) is -1.67. The van der Waals surface area contributed by atoms with Gasteiger partial charge < -0.3 is 20.8 Å². The van der Waals surface area contributed by atoms with Gasteiger partial charge in [0.2, 0.25) is 0 Å². The summed E-state index contributed by atoms with van der Waals surface area (Å²) in [6.07, 6.45) is 0. The molecule has 0 bridgehead atoms.